The summed E-state index contributed by atoms with van der Waals surface area (Å²) in [5.41, 5.74) is 0. The van der Waals surface area contributed by atoms with Crippen LogP contribution in [-0.4, -0.2) is 47.7 Å². The molecule has 0 radical (unpaired) electrons. The fourth-order valence-electron chi connectivity index (χ4n) is 1.92. The molecule has 0 aromatic rings. The smallest absolute Gasteiger partial charge is 0.320 e. The summed E-state index contributed by atoms with van der Waals surface area (Å²) in [6, 6.07) is 1.32. The number of piperazine rings is 1. The molecule has 0 saturated carbocycles. The first kappa shape index (κ1) is 12.0. The van der Waals surface area contributed by atoms with Crippen LogP contribution >= 0.6 is 0 Å². The molecule has 0 amide bonds. The van der Waals surface area contributed by atoms with E-state index in [0.29, 0.717) is 19.5 Å². The number of hydrogen-bond donors (Lipinski definition) is 2. The van der Waals surface area contributed by atoms with Crippen molar-refractivity contribution in [2.75, 3.05) is 19.6 Å². The van der Waals surface area contributed by atoms with Gasteiger partial charge in [0.05, 0.1) is 6.07 Å². The third-order valence-corrected chi connectivity index (χ3v) is 2.68. The minimum absolute atomic E-state index is 0.314. The largest absolute Gasteiger partial charge is 0.480 e. The van der Waals surface area contributed by atoms with Crippen molar-refractivity contribution in [2.24, 2.45) is 0 Å². The van der Waals surface area contributed by atoms with Gasteiger partial charge in [-0.15, -0.1) is 0 Å². The Kier molecular flexibility index (Phi) is 4.53. The van der Waals surface area contributed by atoms with Crippen LogP contribution in [0.5, 0.6) is 0 Å². The number of nitrogens with zero attached hydrogens (tertiary/aromatic N) is 2. The van der Waals surface area contributed by atoms with Gasteiger partial charge in [0.2, 0.25) is 0 Å². The number of rotatable bonds is 4. The quantitative estimate of drug-likeness (QED) is 0.686. The normalized spacial score (nSPS) is 24.4. The van der Waals surface area contributed by atoms with Crippen molar-refractivity contribution >= 4 is 5.97 Å². The van der Waals surface area contributed by atoms with Crippen LogP contribution < -0.4 is 5.32 Å². The summed E-state index contributed by atoms with van der Waals surface area (Å²) in [7, 11) is 0. The lowest BCUT2D eigenvalue weighted by molar-refractivity contribution is -0.144. The fraction of sp³-hybridized carbons (Fsp3) is 0.800. The molecule has 1 aliphatic rings. The van der Waals surface area contributed by atoms with Gasteiger partial charge < -0.3 is 10.4 Å². The van der Waals surface area contributed by atoms with Crippen molar-refractivity contribution in [1.82, 2.24) is 10.2 Å². The van der Waals surface area contributed by atoms with Crippen LogP contribution in [-0.2, 0) is 4.79 Å². The Morgan fingerprint density at radius 2 is 2.53 bits per heavy atom. The number of hydrogen-bond acceptors (Lipinski definition) is 4. The van der Waals surface area contributed by atoms with Gasteiger partial charge in [-0.2, -0.15) is 5.26 Å². The lowest BCUT2D eigenvalue weighted by atomic mass is 10.1. The third-order valence-electron chi connectivity index (χ3n) is 2.68. The van der Waals surface area contributed by atoms with Gasteiger partial charge in [0, 0.05) is 19.6 Å². The van der Waals surface area contributed by atoms with Crippen LogP contribution in [0.1, 0.15) is 19.8 Å². The Morgan fingerprint density at radius 1 is 1.80 bits per heavy atom. The van der Waals surface area contributed by atoms with Crippen LogP contribution in [0.15, 0.2) is 0 Å². The molecule has 2 atom stereocenters. The summed E-state index contributed by atoms with van der Waals surface area (Å²) >= 11 is 0. The van der Waals surface area contributed by atoms with Crippen molar-refractivity contribution in [1.29, 1.82) is 5.26 Å². The van der Waals surface area contributed by atoms with Crippen molar-refractivity contribution in [3.05, 3.63) is 0 Å². The third kappa shape index (κ3) is 2.91. The summed E-state index contributed by atoms with van der Waals surface area (Å²) in [6.07, 6.45) is 1.42. The number of carbonyl (C=O) groups is 1. The Morgan fingerprint density at radius 3 is 3.07 bits per heavy atom. The fourth-order valence-corrected chi connectivity index (χ4v) is 1.92. The van der Waals surface area contributed by atoms with E-state index in [1.54, 1.807) is 4.90 Å². The van der Waals surface area contributed by atoms with Gasteiger partial charge in [-0.3, -0.25) is 9.69 Å². The highest BCUT2D eigenvalue weighted by Gasteiger charge is 2.32. The highest BCUT2D eigenvalue weighted by atomic mass is 16.4. The molecule has 0 aromatic heterocycles. The Balaban J connectivity index is 2.71. The Hall–Kier alpha value is -1.12. The minimum atomic E-state index is -0.820. The predicted molar refractivity (Wildman–Crippen MR) is 55.3 cm³/mol. The molecule has 5 heteroatoms. The van der Waals surface area contributed by atoms with Gasteiger partial charge in [-0.1, -0.05) is 13.3 Å². The van der Waals surface area contributed by atoms with E-state index in [4.69, 9.17) is 10.4 Å². The molecule has 0 spiro atoms. The van der Waals surface area contributed by atoms with Crippen LogP contribution in [0.2, 0.25) is 0 Å². The molecule has 0 bridgehead atoms. The number of carboxylic acid groups (broad SMARTS) is 1. The van der Waals surface area contributed by atoms with Crippen molar-refractivity contribution in [2.45, 2.75) is 31.8 Å². The van der Waals surface area contributed by atoms with E-state index in [9.17, 15) is 4.79 Å². The number of nitriles is 1. The molecule has 0 aliphatic carbocycles. The monoisotopic (exact) mass is 211 g/mol. The van der Waals surface area contributed by atoms with Gasteiger partial charge in [0.1, 0.15) is 12.1 Å². The van der Waals surface area contributed by atoms with E-state index in [1.165, 1.54) is 0 Å². The van der Waals surface area contributed by atoms with E-state index < -0.39 is 12.0 Å². The average Bonchev–Trinajstić information content (AvgIpc) is 2.25. The molecule has 5 nitrogen and oxygen atoms in total. The second-order valence-corrected chi connectivity index (χ2v) is 3.73. The lowest BCUT2D eigenvalue weighted by Crippen LogP contribution is -2.56. The average molecular weight is 211 g/mol. The standard InChI is InChI=1S/C10H17N3O2/c1-2-3-9(10(14)15)13-5-4-12-7-8(13)6-11/h8-9,12H,2-5,7H2,1H3,(H,14,15). The maximum atomic E-state index is 11.1. The predicted octanol–water partition coefficient (Wildman–Crippen LogP) is 0.0371. The zero-order chi connectivity index (χ0) is 11.3. The van der Waals surface area contributed by atoms with E-state index in [1.807, 2.05) is 6.92 Å². The maximum absolute atomic E-state index is 11.1. The van der Waals surface area contributed by atoms with Crippen molar-refractivity contribution in [3.63, 3.8) is 0 Å². The molecule has 1 heterocycles. The van der Waals surface area contributed by atoms with Crippen LogP contribution in [0.4, 0.5) is 0 Å². The van der Waals surface area contributed by atoms with Gasteiger partial charge in [0.15, 0.2) is 0 Å². The van der Waals surface area contributed by atoms with Crippen LogP contribution in [0.25, 0.3) is 0 Å². The molecule has 15 heavy (non-hydrogen) atoms. The minimum Gasteiger partial charge on any atom is -0.480 e. The van der Waals surface area contributed by atoms with E-state index in [0.717, 1.165) is 13.0 Å². The van der Waals surface area contributed by atoms with Gasteiger partial charge in [0.25, 0.3) is 0 Å². The molecule has 84 valence electrons. The molecule has 1 saturated heterocycles. The first-order chi connectivity index (χ1) is 7.20. The molecule has 1 aliphatic heterocycles. The van der Waals surface area contributed by atoms with Crippen molar-refractivity contribution < 1.29 is 9.90 Å². The molecular weight excluding hydrogens is 194 g/mol. The molecule has 2 unspecified atom stereocenters. The molecular formula is C10H17N3O2. The molecule has 0 aromatic carbocycles. The second-order valence-electron chi connectivity index (χ2n) is 3.73. The van der Waals surface area contributed by atoms with Gasteiger partial charge in [-0.05, 0) is 6.42 Å². The molecule has 1 fully saturated rings. The lowest BCUT2D eigenvalue weighted by Gasteiger charge is -2.36. The van der Waals surface area contributed by atoms with E-state index >= 15 is 0 Å². The summed E-state index contributed by atoms with van der Waals surface area (Å²) in [5.74, 6) is -0.820. The summed E-state index contributed by atoms with van der Waals surface area (Å²) < 4.78 is 0. The zero-order valence-corrected chi connectivity index (χ0v) is 8.94. The van der Waals surface area contributed by atoms with Crippen molar-refractivity contribution in [3.8, 4) is 6.07 Å². The Bertz CT molecular complexity index is 262. The van der Waals surface area contributed by atoms with E-state index in [2.05, 4.69) is 11.4 Å². The molecule has 2 N–H and O–H groups in total. The van der Waals surface area contributed by atoms with Gasteiger partial charge >= 0.3 is 5.97 Å². The van der Waals surface area contributed by atoms with Crippen LogP contribution in [0, 0.1) is 11.3 Å². The molecule has 1 rings (SSSR count). The number of nitrogens with one attached hydrogen (secondary N) is 1. The van der Waals surface area contributed by atoms with Crippen LogP contribution in [0.3, 0.4) is 0 Å². The number of aliphatic carboxylic acids is 1. The first-order valence-electron chi connectivity index (χ1n) is 5.29. The zero-order valence-electron chi connectivity index (χ0n) is 8.94. The number of carboxylic acids is 1. The summed E-state index contributed by atoms with van der Waals surface area (Å²) in [5, 5.41) is 21.1. The summed E-state index contributed by atoms with van der Waals surface area (Å²) in [6.45, 7) is 3.91. The maximum Gasteiger partial charge on any atom is 0.320 e. The topological polar surface area (TPSA) is 76.4 Å². The second kappa shape index (κ2) is 5.69. The van der Waals surface area contributed by atoms with E-state index in [-0.39, 0.29) is 6.04 Å². The SMILES string of the molecule is CCCC(C(=O)O)N1CCNCC1C#N. The highest BCUT2D eigenvalue weighted by molar-refractivity contribution is 5.73. The first-order valence-corrected chi connectivity index (χ1v) is 5.29. The Labute approximate surface area is 89.7 Å². The summed E-state index contributed by atoms with van der Waals surface area (Å²) in [4.78, 5) is 12.9. The highest BCUT2D eigenvalue weighted by Crippen LogP contribution is 2.13. The van der Waals surface area contributed by atoms with Gasteiger partial charge in [-0.25, -0.2) is 0 Å².